The summed E-state index contributed by atoms with van der Waals surface area (Å²) >= 11 is 1.52. The van der Waals surface area contributed by atoms with Crippen LogP contribution in [0.15, 0.2) is 78.9 Å². The van der Waals surface area contributed by atoms with Crippen molar-refractivity contribution in [2.24, 2.45) is 5.73 Å². The van der Waals surface area contributed by atoms with Crippen molar-refractivity contribution in [3.05, 3.63) is 95.6 Å². The molecule has 8 heteroatoms. The van der Waals surface area contributed by atoms with Crippen LogP contribution in [0.4, 0.5) is 0 Å². The number of thioether (sulfide) groups is 1. The molecule has 3 aromatic carbocycles. The second-order valence-electron chi connectivity index (χ2n) is 8.42. The SMILES string of the molecule is COc1ccc(C(c2ccccc2)(c2ccc(OC)cc2)C(O)(NC(=O)CCSC)[C@@H](N)CO)cc1. The van der Waals surface area contributed by atoms with Crippen molar-refractivity contribution >= 4 is 17.7 Å². The van der Waals surface area contributed by atoms with E-state index in [1.165, 1.54) is 11.8 Å². The summed E-state index contributed by atoms with van der Waals surface area (Å²) in [5.74, 6) is 1.46. The van der Waals surface area contributed by atoms with Gasteiger partial charge in [-0.05, 0) is 47.2 Å². The van der Waals surface area contributed by atoms with Gasteiger partial charge in [-0.1, -0.05) is 54.6 Å². The van der Waals surface area contributed by atoms with Gasteiger partial charge in [0.1, 0.15) is 11.5 Å². The maximum Gasteiger partial charge on any atom is 0.223 e. The zero-order valence-electron chi connectivity index (χ0n) is 20.8. The lowest BCUT2D eigenvalue weighted by atomic mass is 9.60. The number of carbonyl (C=O) groups is 1. The predicted molar refractivity (Wildman–Crippen MR) is 143 cm³/mol. The van der Waals surface area contributed by atoms with Gasteiger partial charge in [-0.25, -0.2) is 0 Å². The Kier molecular flexibility index (Phi) is 9.39. The third-order valence-corrected chi connectivity index (χ3v) is 7.03. The molecule has 7 nitrogen and oxygen atoms in total. The Morgan fingerprint density at radius 3 is 1.81 bits per heavy atom. The Morgan fingerprint density at radius 2 is 1.39 bits per heavy atom. The maximum atomic E-state index is 13.1. The molecule has 192 valence electrons. The average molecular weight is 511 g/mol. The molecule has 3 aromatic rings. The molecule has 0 saturated carbocycles. The van der Waals surface area contributed by atoms with Crippen molar-refractivity contribution in [1.82, 2.24) is 5.32 Å². The molecule has 1 amide bonds. The zero-order valence-corrected chi connectivity index (χ0v) is 21.6. The van der Waals surface area contributed by atoms with Crippen LogP contribution in [0.25, 0.3) is 0 Å². The van der Waals surface area contributed by atoms with E-state index in [0.29, 0.717) is 33.9 Å². The van der Waals surface area contributed by atoms with Crippen LogP contribution in [0, 0.1) is 0 Å². The van der Waals surface area contributed by atoms with E-state index in [1.54, 1.807) is 38.5 Å². The number of carbonyl (C=O) groups excluding carboxylic acids is 1. The molecule has 3 rings (SSSR count). The molecule has 0 saturated heterocycles. The molecular formula is C28H34N2O5S. The number of methoxy groups -OCH3 is 2. The Morgan fingerprint density at radius 1 is 0.917 bits per heavy atom. The average Bonchev–Trinajstić information content (AvgIpc) is 2.93. The smallest absolute Gasteiger partial charge is 0.223 e. The summed E-state index contributed by atoms with van der Waals surface area (Å²) in [5.41, 5.74) is 4.91. The fraction of sp³-hybridized carbons (Fsp3) is 0.321. The van der Waals surface area contributed by atoms with E-state index in [-0.39, 0.29) is 12.3 Å². The molecule has 5 N–H and O–H groups in total. The molecular weight excluding hydrogens is 476 g/mol. The van der Waals surface area contributed by atoms with Crippen molar-refractivity contribution in [3.8, 4) is 11.5 Å². The maximum absolute atomic E-state index is 13.1. The van der Waals surface area contributed by atoms with Crippen molar-refractivity contribution in [2.75, 3.05) is 32.8 Å². The van der Waals surface area contributed by atoms with Crippen molar-refractivity contribution in [2.45, 2.75) is 23.6 Å². The van der Waals surface area contributed by atoms with Crippen LogP contribution in [0.3, 0.4) is 0 Å². The van der Waals surface area contributed by atoms with Gasteiger partial charge >= 0.3 is 0 Å². The number of amides is 1. The number of aliphatic hydroxyl groups excluding tert-OH is 1. The zero-order chi connectivity index (χ0) is 26.2. The van der Waals surface area contributed by atoms with E-state index in [0.717, 1.165) is 0 Å². The quantitative estimate of drug-likeness (QED) is 0.219. The Hall–Kier alpha value is -3.04. The topological polar surface area (TPSA) is 114 Å². The number of hydrogen-bond acceptors (Lipinski definition) is 7. The lowest BCUT2D eigenvalue weighted by molar-refractivity contribution is -0.136. The third kappa shape index (κ3) is 5.22. The van der Waals surface area contributed by atoms with E-state index < -0.39 is 23.8 Å². The lowest BCUT2D eigenvalue weighted by Crippen LogP contribution is -2.72. The van der Waals surface area contributed by atoms with Gasteiger partial charge in [0.2, 0.25) is 5.91 Å². The largest absolute Gasteiger partial charge is 0.497 e. The van der Waals surface area contributed by atoms with Crippen molar-refractivity contribution in [3.63, 3.8) is 0 Å². The van der Waals surface area contributed by atoms with Gasteiger partial charge in [0.05, 0.1) is 32.3 Å². The second-order valence-corrected chi connectivity index (χ2v) is 9.41. The summed E-state index contributed by atoms with van der Waals surface area (Å²) in [7, 11) is 3.15. The van der Waals surface area contributed by atoms with Crippen LogP contribution in [-0.2, 0) is 10.2 Å². The van der Waals surface area contributed by atoms with E-state index in [1.807, 2.05) is 60.9 Å². The van der Waals surface area contributed by atoms with Crippen LogP contribution in [0.1, 0.15) is 23.1 Å². The molecule has 0 aliphatic heterocycles. The lowest BCUT2D eigenvalue weighted by Gasteiger charge is -2.51. The number of nitrogens with two attached hydrogens (primary N) is 1. The highest BCUT2D eigenvalue weighted by molar-refractivity contribution is 7.98. The fourth-order valence-corrected chi connectivity index (χ4v) is 4.99. The summed E-state index contributed by atoms with van der Waals surface area (Å²) in [5, 5.41) is 25.7. The first-order valence-corrected chi connectivity index (χ1v) is 13.0. The van der Waals surface area contributed by atoms with Gasteiger partial charge in [0.15, 0.2) is 5.72 Å². The van der Waals surface area contributed by atoms with Crippen LogP contribution in [0.2, 0.25) is 0 Å². The molecule has 0 aromatic heterocycles. The minimum Gasteiger partial charge on any atom is -0.497 e. The van der Waals surface area contributed by atoms with Gasteiger partial charge in [-0.15, -0.1) is 0 Å². The van der Waals surface area contributed by atoms with Crippen LogP contribution in [-0.4, -0.2) is 60.7 Å². The molecule has 0 fully saturated rings. The van der Waals surface area contributed by atoms with E-state index >= 15 is 0 Å². The molecule has 36 heavy (non-hydrogen) atoms. The Bertz CT molecular complexity index is 1060. The minimum absolute atomic E-state index is 0.178. The highest BCUT2D eigenvalue weighted by atomic mass is 32.2. The first kappa shape index (κ1) is 27.5. The fourth-order valence-electron chi connectivity index (χ4n) is 4.60. The first-order valence-electron chi connectivity index (χ1n) is 11.6. The number of nitrogens with one attached hydrogen (secondary N) is 1. The minimum atomic E-state index is -2.12. The highest BCUT2D eigenvalue weighted by Gasteiger charge is 2.58. The van der Waals surface area contributed by atoms with Crippen molar-refractivity contribution < 1.29 is 24.5 Å². The van der Waals surface area contributed by atoms with E-state index in [4.69, 9.17) is 15.2 Å². The number of rotatable bonds is 12. The highest BCUT2D eigenvalue weighted by Crippen LogP contribution is 2.48. The molecule has 0 aliphatic rings. The van der Waals surface area contributed by atoms with Crippen molar-refractivity contribution in [1.29, 1.82) is 0 Å². The number of hydrogen-bond donors (Lipinski definition) is 4. The second kappa shape index (κ2) is 12.3. The van der Waals surface area contributed by atoms with Gasteiger partial charge in [0, 0.05) is 12.2 Å². The number of benzene rings is 3. The molecule has 2 atom stereocenters. The summed E-state index contributed by atoms with van der Waals surface area (Å²) < 4.78 is 10.7. The predicted octanol–water partition coefficient (Wildman–Crippen LogP) is 2.92. The van der Waals surface area contributed by atoms with Gasteiger partial charge in [0.25, 0.3) is 0 Å². The summed E-state index contributed by atoms with van der Waals surface area (Å²) in [4.78, 5) is 13.1. The summed E-state index contributed by atoms with van der Waals surface area (Å²) in [6.45, 7) is -0.569. The van der Waals surface area contributed by atoms with Gasteiger partial charge < -0.3 is 30.7 Å². The van der Waals surface area contributed by atoms with Gasteiger partial charge in [-0.2, -0.15) is 11.8 Å². The Labute approximate surface area is 216 Å². The summed E-state index contributed by atoms with van der Waals surface area (Å²) in [6.07, 6.45) is 2.08. The molecule has 0 radical (unpaired) electrons. The number of ether oxygens (including phenoxy) is 2. The third-order valence-electron chi connectivity index (χ3n) is 6.42. The number of aliphatic hydroxyl groups is 2. The first-order chi connectivity index (χ1) is 17.4. The Balaban J connectivity index is 2.42. The summed E-state index contributed by atoms with van der Waals surface area (Å²) in [6, 6.07) is 22.6. The molecule has 0 aliphatic carbocycles. The molecule has 0 spiro atoms. The molecule has 0 heterocycles. The van der Waals surface area contributed by atoms with Crippen LogP contribution >= 0.6 is 11.8 Å². The van der Waals surface area contributed by atoms with Gasteiger partial charge in [-0.3, -0.25) is 4.79 Å². The van der Waals surface area contributed by atoms with Crippen LogP contribution < -0.4 is 20.5 Å². The van der Waals surface area contributed by atoms with E-state index in [9.17, 15) is 15.0 Å². The monoisotopic (exact) mass is 510 g/mol. The van der Waals surface area contributed by atoms with Crippen LogP contribution in [0.5, 0.6) is 11.5 Å². The molecule has 0 bridgehead atoms. The standard InChI is InChI=1S/C28H34N2O5S/c1-34-23-13-9-21(10-14-23)27(20-7-5-4-6-8-20,22-11-15-24(35-2)16-12-22)28(33,25(29)19-31)30-26(32)17-18-36-3/h4-16,25,31,33H,17-19,29H2,1-3H3,(H,30,32)/t25-,28?/m0/s1. The van der Waals surface area contributed by atoms with E-state index in [2.05, 4.69) is 5.32 Å². The molecule has 1 unspecified atom stereocenters. The normalized spacial score (nSPS) is 13.9.